The van der Waals surface area contributed by atoms with Gasteiger partial charge in [-0.25, -0.2) is 4.98 Å². The summed E-state index contributed by atoms with van der Waals surface area (Å²) < 4.78 is 38.9. The molecular weight excluding hydrogens is 293 g/mol. The predicted molar refractivity (Wildman–Crippen MR) is 70.0 cm³/mol. The molecule has 0 atom stereocenters. The van der Waals surface area contributed by atoms with Crippen LogP contribution in [0.3, 0.4) is 0 Å². The first-order valence-corrected chi connectivity index (χ1v) is 6.36. The van der Waals surface area contributed by atoms with Gasteiger partial charge in [0.15, 0.2) is 0 Å². The van der Waals surface area contributed by atoms with Crippen LogP contribution in [0.5, 0.6) is 0 Å². The molecule has 0 aliphatic rings. The first-order chi connectivity index (χ1) is 9.20. The summed E-state index contributed by atoms with van der Waals surface area (Å²) in [6, 6.07) is 1.66. The fourth-order valence-corrected chi connectivity index (χ4v) is 2.15. The number of aromatic nitrogens is 2. The number of halogens is 4. The molecule has 0 saturated heterocycles. The SMILES string of the molecule is CC(C)Cc1c(Cl)nc2cc(C(F)(F)F)ccn2c1=O. The van der Waals surface area contributed by atoms with Crippen LogP contribution >= 0.6 is 11.6 Å². The first-order valence-electron chi connectivity index (χ1n) is 5.98. The fraction of sp³-hybridized carbons (Fsp3) is 0.385. The average molecular weight is 305 g/mol. The summed E-state index contributed by atoms with van der Waals surface area (Å²) in [5.41, 5.74) is -1.08. The quantitative estimate of drug-likeness (QED) is 0.795. The molecule has 2 heterocycles. The van der Waals surface area contributed by atoms with Crippen LogP contribution < -0.4 is 5.56 Å². The highest BCUT2D eigenvalue weighted by Crippen LogP contribution is 2.29. The van der Waals surface area contributed by atoms with Gasteiger partial charge in [0.05, 0.1) is 11.1 Å². The van der Waals surface area contributed by atoms with Crippen molar-refractivity contribution in [2.45, 2.75) is 26.4 Å². The molecule has 0 aliphatic heterocycles. The van der Waals surface area contributed by atoms with E-state index >= 15 is 0 Å². The molecule has 0 N–H and O–H groups in total. The molecule has 2 rings (SSSR count). The lowest BCUT2D eigenvalue weighted by Gasteiger charge is -2.11. The fourth-order valence-electron chi connectivity index (χ4n) is 1.90. The third-order valence-corrected chi connectivity index (χ3v) is 3.13. The van der Waals surface area contributed by atoms with Gasteiger partial charge in [-0.1, -0.05) is 25.4 Å². The van der Waals surface area contributed by atoms with Crippen LogP contribution in [0.25, 0.3) is 5.65 Å². The van der Waals surface area contributed by atoms with Crippen molar-refractivity contribution >= 4 is 17.2 Å². The van der Waals surface area contributed by atoms with Gasteiger partial charge in [0.1, 0.15) is 10.8 Å². The van der Waals surface area contributed by atoms with E-state index < -0.39 is 17.3 Å². The van der Waals surface area contributed by atoms with E-state index in [1.54, 1.807) is 0 Å². The number of hydrogen-bond donors (Lipinski definition) is 0. The van der Waals surface area contributed by atoms with E-state index in [1.165, 1.54) is 0 Å². The maximum Gasteiger partial charge on any atom is 0.416 e. The van der Waals surface area contributed by atoms with E-state index in [0.29, 0.717) is 12.0 Å². The van der Waals surface area contributed by atoms with Crippen LogP contribution in [0, 0.1) is 5.92 Å². The standard InChI is InChI=1S/C13H12ClF3N2O/c1-7(2)5-9-11(14)18-10-6-8(13(15,16)17)3-4-19(10)12(9)20/h3-4,6-7H,5H2,1-2H3. The molecule has 0 spiro atoms. The van der Waals surface area contributed by atoms with Crippen molar-refractivity contribution in [2.24, 2.45) is 5.92 Å². The number of hydrogen-bond acceptors (Lipinski definition) is 2. The molecule has 7 heteroatoms. The van der Waals surface area contributed by atoms with E-state index in [9.17, 15) is 18.0 Å². The van der Waals surface area contributed by atoms with Gasteiger partial charge in [-0.2, -0.15) is 13.2 Å². The van der Waals surface area contributed by atoms with Crippen molar-refractivity contribution in [3.8, 4) is 0 Å². The number of pyridine rings is 1. The highest BCUT2D eigenvalue weighted by Gasteiger charge is 2.31. The largest absolute Gasteiger partial charge is 0.416 e. The second-order valence-corrected chi connectivity index (χ2v) is 5.28. The van der Waals surface area contributed by atoms with Crippen LogP contribution in [0.15, 0.2) is 23.1 Å². The van der Waals surface area contributed by atoms with Crippen molar-refractivity contribution < 1.29 is 13.2 Å². The van der Waals surface area contributed by atoms with Gasteiger partial charge in [-0.3, -0.25) is 9.20 Å². The van der Waals surface area contributed by atoms with E-state index in [0.717, 1.165) is 22.7 Å². The topological polar surface area (TPSA) is 34.4 Å². The van der Waals surface area contributed by atoms with Crippen LogP contribution in [-0.2, 0) is 12.6 Å². The Morgan fingerprint density at radius 2 is 2.05 bits per heavy atom. The molecule has 20 heavy (non-hydrogen) atoms. The zero-order valence-electron chi connectivity index (χ0n) is 10.8. The summed E-state index contributed by atoms with van der Waals surface area (Å²) in [7, 11) is 0. The van der Waals surface area contributed by atoms with E-state index in [4.69, 9.17) is 11.6 Å². The number of nitrogens with zero attached hydrogens (tertiary/aromatic N) is 2. The Morgan fingerprint density at radius 1 is 1.40 bits per heavy atom. The van der Waals surface area contributed by atoms with Gasteiger partial charge < -0.3 is 0 Å². The number of alkyl halides is 3. The minimum Gasteiger partial charge on any atom is -0.269 e. The number of rotatable bonds is 2. The minimum absolute atomic E-state index is 0.0389. The Labute approximate surface area is 118 Å². The summed E-state index contributed by atoms with van der Waals surface area (Å²) in [6.45, 7) is 3.83. The molecule has 3 nitrogen and oxygen atoms in total. The van der Waals surface area contributed by atoms with E-state index in [1.807, 2.05) is 13.8 Å². The second-order valence-electron chi connectivity index (χ2n) is 4.93. The molecule has 2 aromatic heterocycles. The third kappa shape index (κ3) is 2.80. The molecule has 0 saturated carbocycles. The van der Waals surface area contributed by atoms with Gasteiger partial charge in [-0.05, 0) is 24.5 Å². The zero-order chi connectivity index (χ0) is 15.1. The molecule has 0 unspecified atom stereocenters. The molecule has 0 radical (unpaired) electrons. The van der Waals surface area contributed by atoms with Crippen molar-refractivity contribution in [1.82, 2.24) is 9.38 Å². The third-order valence-electron chi connectivity index (χ3n) is 2.81. The molecule has 0 fully saturated rings. The Balaban J connectivity index is 2.67. The first kappa shape index (κ1) is 14.8. The van der Waals surface area contributed by atoms with Crippen molar-refractivity contribution in [1.29, 1.82) is 0 Å². The summed E-state index contributed by atoms with van der Waals surface area (Å²) >= 11 is 5.91. The molecular formula is C13H12ClF3N2O. The average Bonchev–Trinajstić information content (AvgIpc) is 2.32. The Hall–Kier alpha value is -1.56. The Kier molecular flexibility index (Phi) is 3.77. The van der Waals surface area contributed by atoms with Gasteiger partial charge in [0.25, 0.3) is 5.56 Å². The monoisotopic (exact) mass is 304 g/mol. The molecule has 0 aliphatic carbocycles. The van der Waals surface area contributed by atoms with Crippen LogP contribution in [0.2, 0.25) is 5.15 Å². The lowest BCUT2D eigenvalue weighted by Crippen LogP contribution is -2.22. The lowest BCUT2D eigenvalue weighted by molar-refractivity contribution is -0.137. The molecule has 0 amide bonds. The van der Waals surface area contributed by atoms with Crippen molar-refractivity contribution in [2.75, 3.05) is 0 Å². The van der Waals surface area contributed by atoms with Gasteiger partial charge in [0, 0.05) is 6.20 Å². The maximum absolute atomic E-state index is 12.6. The molecule has 2 aromatic rings. The summed E-state index contributed by atoms with van der Waals surface area (Å²) in [5, 5.41) is -0.0389. The Morgan fingerprint density at radius 3 is 2.60 bits per heavy atom. The lowest BCUT2D eigenvalue weighted by atomic mass is 10.1. The number of fused-ring (bicyclic) bond motifs is 1. The van der Waals surface area contributed by atoms with Gasteiger partial charge in [0.2, 0.25) is 0 Å². The highest BCUT2D eigenvalue weighted by atomic mass is 35.5. The highest BCUT2D eigenvalue weighted by molar-refractivity contribution is 6.30. The summed E-state index contributed by atoms with van der Waals surface area (Å²) in [4.78, 5) is 16.1. The maximum atomic E-state index is 12.6. The zero-order valence-corrected chi connectivity index (χ0v) is 11.6. The van der Waals surface area contributed by atoms with E-state index in [2.05, 4.69) is 4.98 Å². The Bertz CT molecular complexity index is 707. The van der Waals surface area contributed by atoms with Crippen LogP contribution in [0.4, 0.5) is 13.2 Å². The van der Waals surface area contributed by atoms with Crippen molar-refractivity contribution in [3.63, 3.8) is 0 Å². The van der Waals surface area contributed by atoms with E-state index in [-0.39, 0.29) is 16.7 Å². The second kappa shape index (κ2) is 5.09. The molecule has 108 valence electrons. The minimum atomic E-state index is -4.48. The van der Waals surface area contributed by atoms with Crippen LogP contribution in [0.1, 0.15) is 25.0 Å². The van der Waals surface area contributed by atoms with Gasteiger partial charge in [-0.15, -0.1) is 0 Å². The molecule has 0 aromatic carbocycles. The summed E-state index contributed by atoms with van der Waals surface area (Å²) in [5.74, 6) is 0.189. The van der Waals surface area contributed by atoms with Crippen molar-refractivity contribution in [3.05, 3.63) is 45.0 Å². The van der Waals surface area contributed by atoms with Crippen LogP contribution in [-0.4, -0.2) is 9.38 Å². The smallest absolute Gasteiger partial charge is 0.269 e. The van der Waals surface area contributed by atoms with Gasteiger partial charge >= 0.3 is 6.18 Å². The molecule has 0 bridgehead atoms. The normalized spacial score (nSPS) is 12.3. The summed E-state index contributed by atoms with van der Waals surface area (Å²) in [6.07, 6.45) is -2.98. The predicted octanol–water partition coefficient (Wildman–Crippen LogP) is 3.57.